The number of sulfone groups is 1. The molecule has 0 unspecified atom stereocenters. The fourth-order valence-corrected chi connectivity index (χ4v) is 1.87. The molecule has 0 aromatic carbocycles. The molecule has 0 spiro atoms. The standard InChI is InChI=1S/C7H11N3O4S2/c1-10(16(3,13)14)6-4-7(9-5-8-6)15(2,11)12/h4-5H,1-3H3. The first-order chi connectivity index (χ1) is 7.12. The Labute approximate surface area is 94.1 Å². The lowest BCUT2D eigenvalue weighted by molar-refractivity contribution is 0.595. The Morgan fingerprint density at radius 2 is 1.69 bits per heavy atom. The van der Waals surface area contributed by atoms with Crippen molar-refractivity contribution in [1.82, 2.24) is 9.97 Å². The average Bonchev–Trinajstić information content (AvgIpc) is 2.14. The van der Waals surface area contributed by atoms with Crippen LogP contribution < -0.4 is 4.31 Å². The van der Waals surface area contributed by atoms with Gasteiger partial charge in [-0.2, -0.15) is 0 Å². The van der Waals surface area contributed by atoms with Crippen LogP contribution in [-0.4, -0.2) is 46.4 Å². The maximum atomic E-state index is 11.2. The second-order valence-corrected chi connectivity index (χ2v) is 7.19. The first-order valence-electron chi connectivity index (χ1n) is 4.08. The predicted molar refractivity (Wildman–Crippen MR) is 58.4 cm³/mol. The van der Waals surface area contributed by atoms with Crippen molar-refractivity contribution in [3.05, 3.63) is 12.4 Å². The lowest BCUT2D eigenvalue weighted by Crippen LogP contribution is -2.26. The van der Waals surface area contributed by atoms with E-state index in [1.165, 1.54) is 7.05 Å². The van der Waals surface area contributed by atoms with Crippen molar-refractivity contribution in [2.75, 3.05) is 23.9 Å². The second-order valence-electron chi connectivity index (χ2n) is 3.22. The number of hydrogen-bond acceptors (Lipinski definition) is 6. The molecule has 0 fully saturated rings. The molecule has 1 heterocycles. The molecule has 0 atom stereocenters. The van der Waals surface area contributed by atoms with E-state index in [1.54, 1.807) is 0 Å². The molecule has 0 N–H and O–H groups in total. The van der Waals surface area contributed by atoms with Gasteiger partial charge in [0.2, 0.25) is 10.0 Å². The van der Waals surface area contributed by atoms with E-state index >= 15 is 0 Å². The fraction of sp³-hybridized carbons (Fsp3) is 0.429. The van der Waals surface area contributed by atoms with Gasteiger partial charge >= 0.3 is 0 Å². The van der Waals surface area contributed by atoms with Crippen molar-refractivity contribution >= 4 is 25.7 Å². The SMILES string of the molecule is CN(c1cc(S(C)(=O)=O)ncn1)S(C)(=O)=O. The molecule has 7 nitrogen and oxygen atoms in total. The smallest absolute Gasteiger partial charge is 0.233 e. The van der Waals surface area contributed by atoms with E-state index in [-0.39, 0.29) is 10.8 Å². The Balaban J connectivity index is 3.30. The van der Waals surface area contributed by atoms with Crippen LogP contribution in [0.4, 0.5) is 5.82 Å². The fourth-order valence-electron chi connectivity index (χ4n) is 0.875. The largest absolute Gasteiger partial charge is 0.257 e. The Morgan fingerprint density at radius 1 is 1.12 bits per heavy atom. The molecule has 1 aromatic rings. The molecule has 16 heavy (non-hydrogen) atoms. The molecule has 0 aliphatic heterocycles. The van der Waals surface area contributed by atoms with Crippen LogP contribution in [0, 0.1) is 0 Å². The molecule has 9 heteroatoms. The van der Waals surface area contributed by atoms with Gasteiger partial charge in [0.15, 0.2) is 14.9 Å². The van der Waals surface area contributed by atoms with E-state index in [1.807, 2.05) is 0 Å². The summed E-state index contributed by atoms with van der Waals surface area (Å²) < 4.78 is 45.7. The molecule has 0 aliphatic rings. The third-order valence-electron chi connectivity index (χ3n) is 1.83. The minimum absolute atomic E-state index is 0.0120. The van der Waals surface area contributed by atoms with Gasteiger partial charge in [-0.05, 0) is 0 Å². The van der Waals surface area contributed by atoms with Crippen LogP contribution >= 0.6 is 0 Å². The highest BCUT2D eigenvalue weighted by atomic mass is 32.2. The summed E-state index contributed by atoms with van der Waals surface area (Å²) in [6.45, 7) is 0. The molecule has 1 rings (SSSR count). The van der Waals surface area contributed by atoms with Crippen molar-refractivity contribution in [2.45, 2.75) is 5.03 Å². The van der Waals surface area contributed by atoms with Crippen LogP contribution in [0.3, 0.4) is 0 Å². The molecule has 1 aromatic heterocycles. The van der Waals surface area contributed by atoms with Gasteiger partial charge in [-0.25, -0.2) is 26.8 Å². The van der Waals surface area contributed by atoms with E-state index in [9.17, 15) is 16.8 Å². The van der Waals surface area contributed by atoms with E-state index in [4.69, 9.17) is 0 Å². The van der Waals surface area contributed by atoms with Crippen molar-refractivity contribution < 1.29 is 16.8 Å². The number of rotatable bonds is 3. The average molecular weight is 265 g/mol. The lowest BCUT2D eigenvalue weighted by Gasteiger charge is -2.15. The highest BCUT2D eigenvalue weighted by Gasteiger charge is 2.16. The van der Waals surface area contributed by atoms with E-state index in [0.29, 0.717) is 0 Å². The van der Waals surface area contributed by atoms with Gasteiger partial charge in [0.1, 0.15) is 12.1 Å². The Kier molecular flexibility index (Phi) is 3.20. The highest BCUT2D eigenvalue weighted by molar-refractivity contribution is 7.92. The molecule has 0 bridgehead atoms. The topological polar surface area (TPSA) is 97.3 Å². The maximum absolute atomic E-state index is 11.2. The van der Waals surface area contributed by atoms with Gasteiger partial charge in [0.25, 0.3) is 0 Å². The summed E-state index contributed by atoms with van der Waals surface area (Å²) in [6, 6.07) is 1.11. The zero-order valence-corrected chi connectivity index (χ0v) is 10.6. The minimum atomic E-state index is -3.48. The van der Waals surface area contributed by atoms with E-state index < -0.39 is 19.9 Å². The monoisotopic (exact) mass is 265 g/mol. The van der Waals surface area contributed by atoms with Gasteiger partial charge in [0, 0.05) is 19.4 Å². The van der Waals surface area contributed by atoms with Gasteiger partial charge in [0.05, 0.1) is 6.26 Å². The molecular formula is C7H11N3O4S2. The number of hydrogen-bond donors (Lipinski definition) is 0. The quantitative estimate of drug-likeness (QED) is 0.669. The third-order valence-corrected chi connectivity index (χ3v) is 3.99. The highest BCUT2D eigenvalue weighted by Crippen LogP contribution is 2.14. The van der Waals surface area contributed by atoms with Crippen LogP contribution in [0.15, 0.2) is 17.4 Å². The molecule has 0 amide bonds. The van der Waals surface area contributed by atoms with Crippen molar-refractivity contribution in [3.63, 3.8) is 0 Å². The first-order valence-corrected chi connectivity index (χ1v) is 7.82. The third kappa shape index (κ3) is 2.89. The van der Waals surface area contributed by atoms with Gasteiger partial charge in [-0.15, -0.1) is 0 Å². The summed E-state index contributed by atoms with van der Waals surface area (Å²) in [5, 5.41) is -0.215. The van der Waals surface area contributed by atoms with Crippen molar-refractivity contribution in [2.24, 2.45) is 0 Å². The van der Waals surface area contributed by atoms with Gasteiger partial charge < -0.3 is 0 Å². The Morgan fingerprint density at radius 3 is 2.12 bits per heavy atom. The summed E-state index contributed by atoms with van der Waals surface area (Å²) >= 11 is 0. The van der Waals surface area contributed by atoms with Crippen LogP contribution in [0.2, 0.25) is 0 Å². The summed E-state index contributed by atoms with van der Waals surface area (Å²) in [7, 11) is -5.67. The number of anilines is 1. The lowest BCUT2D eigenvalue weighted by atomic mass is 10.6. The summed E-state index contributed by atoms with van der Waals surface area (Å²) in [6.07, 6.45) is 2.99. The molecular weight excluding hydrogens is 254 g/mol. The Hall–Kier alpha value is -1.22. The predicted octanol–water partition coefficient (Wildman–Crippen LogP) is -0.724. The zero-order chi connectivity index (χ0) is 12.6. The zero-order valence-electron chi connectivity index (χ0n) is 8.95. The molecule has 0 saturated heterocycles. The maximum Gasteiger partial charge on any atom is 0.233 e. The van der Waals surface area contributed by atoms with Crippen molar-refractivity contribution in [3.8, 4) is 0 Å². The summed E-state index contributed by atoms with van der Waals surface area (Å²) in [5.41, 5.74) is 0. The molecule has 0 saturated carbocycles. The number of aromatic nitrogens is 2. The summed E-state index contributed by atoms with van der Waals surface area (Å²) in [4.78, 5) is 7.25. The molecule has 90 valence electrons. The van der Waals surface area contributed by atoms with Crippen LogP contribution in [-0.2, 0) is 19.9 Å². The van der Waals surface area contributed by atoms with Crippen LogP contribution in [0.5, 0.6) is 0 Å². The summed E-state index contributed by atoms with van der Waals surface area (Å²) in [5.74, 6) is 0.0120. The van der Waals surface area contributed by atoms with E-state index in [0.717, 1.165) is 29.2 Å². The molecule has 0 aliphatic carbocycles. The first kappa shape index (κ1) is 12.8. The van der Waals surface area contributed by atoms with Gasteiger partial charge in [-0.1, -0.05) is 0 Å². The second kappa shape index (κ2) is 3.98. The van der Waals surface area contributed by atoms with Crippen LogP contribution in [0.1, 0.15) is 0 Å². The minimum Gasteiger partial charge on any atom is -0.257 e. The van der Waals surface area contributed by atoms with E-state index in [2.05, 4.69) is 9.97 Å². The Bertz CT molecular complexity index is 594. The number of sulfonamides is 1. The van der Waals surface area contributed by atoms with Gasteiger partial charge in [-0.3, -0.25) is 4.31 Å². The van der Waals surface area contributed by atoms with Crippen LogP contribution in [0.25, 0.3) is 0 Å². The normalized spacial score (nSPS) is 12.4. The molecule has 0 radical (unpaired) electrons. The number of nitrogens with zero attached hydrogens (tertiary/aromatic N) is 3. The van der Waals surface area contributed by atoms with Crippen molar-refractivity contribution in [1.29, 1.82) is 0 Å².